The third-order valence-electron chi connectivity index (χ3n) is 5.21. The molecule has 8 nitrogen and oxygen atoms in total. The van der Waals surface area contributed by atoms with Crippen LogP contribution >= 0.6 is 0 Å². The Balaban J connectivity index is 1.52. The number of hydrogen-bond donors (Lipinski definition) is 2. The molecular formula is C23H15FN8. The van der Waals surface area contributed by atoms with Crippen molar-refractivity contribution >= 4 is 21.9 Å². The van der Waals surface area contributed by atoms with Gasteiger partial charge >= 0.3 is 0 Å². The fourth-order valence-corrected chi connectivity index (χ4v) is 3.80. The summed E-state index contributed by atoms with van der Waals surface area (Å²) < 4.78 is 14.0. The van der Waals surface area contributed by atoms with Crippen LogP contribution in [0.25, 0.3) is 56.1 Å². The van der Waals surface area contributed by atoms with Crippen molar-refractivity contribution in [1.82, 2.24) is 40.1 Å². The van der Waals surface area contributed by atoms with Crippen molar-refractivity contribution in [3.8, 4) is 34.2 Å². The molecule has 1 aromatic carbocycles. The number of imidazole rings is 1. The number of halogens is 1. The van der Waals surface area contributed by atoms with Crippen molar-refractivity contribution in [3.05, 3.63) is 72.7 Å². The van der Waals surface area contributed by atoms with Crippen LogP contribution in [-0.2, 0) is 0 Å². The summed E-state index contributed by atoms with van der Waals surface area (Å²) in [5, 5.41) is 8.29. The van der Waals surface area contributed by atoms with Crippen LogP contribution < -0.4 is 0 Å². The van der Waals surface area contributed by atoms with Crippen molar-refractivity contribution in [2.45, 2.75) is 6.92 Å². The van der Waals surface area contributed by atoms with E-state index in [0.29, 0.717) is 39.7 Å². The molecule has 0 atom stereocenters. The first-order valence-corrected chi connectivity index (χ1v) is 9.89. The second-order valence-electron chi connectivity index (χ2n) is 7.44. The van der Waals surface area contributed by atoms with Crippen LogP contribution in [0.2, 0.25) is 0 Å². The van der Waals surface area contributed by atoms with Gasteiger partial charge in [0, 0.05) is 29.5 Å². The molecule has 6 rings (SSSR count). The standard InChI is InChI=1S/C23H15FN8/c1-12-6-13(8-14(24)7-12)20-22-16(2-3-27-20)29-23(30-22)21-15-9-17(19-10-25-4-5-26-19)28-11-18(15)31-32-21/h2-11H,1H3,(H,29,30)(H,31,32). The molecule has 0 saturated heterocycles. The summed E-state index contributed by atoms with van der Waals surface area (Å²) in [4.78, 5) is 25.4. The molecule has 0 saturated carbocycles. The second kappa shape index (κ2) is 7.02. The summed E-state index contributed by atoms with van der Waals surface area (Å²) >= 11 is 0. The van der Waals surface area contributed by atoms with Crippen LogP contribution in [0.4, 0.5) is 4.39 Å². The number of fused-ring (bicyclic) bond motifs is 2. The number of benzene rings is 1. The Morgan fingerprint density at radius 1 is 0.844 bits per heavy atom. The highest BCUT2D eigenvalue weighted by atomic mass is 19.1. The molecule has 0 radical (unpaired) electrons. The van der Waals surface area contributed by atoms with E-state index in [-0.39, 0.29) is 5.82 Å². The summed E-state index contributed by atoms with van der Waals surface area (Å²) in [6, 6.07) is 8.58. The van der Waals surface area contributed by atoms with Gasteiger partial charge in [-0.2, -0.15) is 5.10 Å². The van der Waals surface area contributed by atoms with Crippen LogP contribution in [0.3, 0.4) is 0 Å². The van der Waals surface area contributed by atoms with E-state index >= 15 is 0 Å². The lowest BCUT2D eigenvalue weighted by Gasteiger charge is -2.03. The van der Waals surface area contributed by atoms with E-state index in [1.54, 1.807) is 31.0 Å². The molecule has 0 bridgehead atoms. The van der Waals surface area contributed by atoms with Gasteiger partial charge in [-0.15, -0.1) is 0 Å². The maximum Gasteiger partial charge on any atom is 0.159 e. The van der Waals surface area contributed by atoms with Crippen molar-refractivity contribution < 1.29 is 4.39 Å². The summed E-state index contributed by atoms with van der Waals surface area (Å²) in [5.74, 6) is 0.266. The Hall–Kier alpha value is -4.53. The maximum atomic E-state index is 14.0. The van der Waals surface area contributed by atoms with E-state index in [1.165, 1.54) is 12.1 Å². The molecule has 5 heterocycles. The molecule has 0 aliphatic rings. The van der Waals surface area contributed by atoms with Crippen LogP contribution in [0.15, 0.2) is 61.3 Å². The van der Waals surface area contributed by atoms with Crippen molar-refractivity contribution in [2.75, 3.05) is 0 Å². The monoisotopic (exact) mass is 422 g/mol. The first-order chi connectivity index (χ1) is 15.7. The van der Waals surface area contributed by atoms with E-state index in [4.69, 9.17) is 4.98 Å². The first kappa shape index (κ1) is 18.3. The van der Waals surface area contributed by atoms with Crippen molar-refractivity contribution in [1.29, 1.82) is 0 Å². The van der Waals surface area contributed by atoms with E-state index in [2.05, 4.69) is 35.1 Å². The summed E-state index contributed by atoms with van der Waals surface area (Å²) in [7, 11) is 0. The lowest BCUT2D eigenvalue weighted by Crippen LogP contribution is -1.89. The molecule has 0 unspecified atom stereocenters. The van der Waals surface area contributed by atoms with Gasteiger partial charge in [0.15, 0.2) is 5.82 Å². The first-order valence-electron chi connectivity index (χ1n) is 9.89. The largest absolute Gasteiger partial charge is 0.336 e. The molecule has 2 N–H and O–H groups in total. The van der Waals surface area contributed by atoms with Gasteiger partial charge in [0.2, 0.25) is 0 Å². The fraction of sp³-hybridized carbons (Fsp3) is 0.0435. The number of aromatic amines is 2. The van der Waals surface area contributed by atoms with Crippen LogP contribution in [-0.4, -0.2) is 40.1 Å². The van der Waals surface area contributed by atoms with Gasteiger partial charge in [0.1, 0.15) is 22.7 Å². The Kier molecular flexibility index (Phi) is 4.00. The molecule has 9 heteroatoms. The molecule has 5 aromatic heterocycles. The Morgan fingerprint density at radius 3 is 2.62 bits per heavy atom. The minimum Gasteiger partial charge on any atom is -0.336 e. The van der Waals surface area contributed by atoms with Crippen LogP contribution in [0, 0.1) is 12.7 Å². The van der Waals surface area contributed by atoms with Crippen molar-refractivity contribution in [3.63, 3.8) is 0 Å². The minimum atomic E-state index is -0.308. The van der Waals surface area contributed by atoms with Crippen molar-refractivity contribution in [2.24, 2.45) is 0 Å². The van der Waals surface area contributed by atoms with E-state index in [1.807, 2.05) is 25.1 Å². The van der Waals surface area contributed by atoms with Gasteiger partial charge in [-0.05, 0) is 42.8 Å². The number of aryl methyl sites for hydroxylation is 1. The highest BCUT2D eigenvalue weighted by Gasteiger charge is 2.17. The lowest BCUT2D eigenvalue weighted by molar-refractivity contribution is 0.627. The molecule has 0 aliphatic heterocycles. The maximum absolute atomic E-state index is 14.0. The zero-order chi connectivity index (χ0) is 21.7. The number of aromatic nitrogens is 8. The molecule has 6 aromatic rings. The van der Waals surface area contributed by atoms with Gasteiger partial charge in [-0.3, -0.25) is 25.0 Å². The molecule has 0 aliphatic carbocycles. The van der Waals surface area contributed by atoms with Gasteiger partial charge in [-0.25, -0.2) is 9.37 Å². The second-order valence-corrected chi connectivity index (χ2v) is 7.44. The zero-order valence-corrected chi connectivity index (χ0v) is 16.8. The van der Waals surface area contributed by atoms with Gasteiger partial charge in [0.25, 0.3) is 0 Å². The fourth-order valence-electron chi connectivity index (χ4n) is 3.80. The topological polar surface area (TPSA) is 109 Å². The van der Waals surface area contributed by atoms with Crippen LogP contribution in [0.5, 0.6) is 0 Å². The number of nitrogens with zero attached hydrogens (tertiary/aromatic N) is 6. The number of rotatable bonds is 3. The number of hydrogen-bond acceptors (Lipinski definition) is 6. The number of nitrogens with one attached hydrogen (secondary N) is 2. The Morgan fingerprint density at radius 2 is 1.78 bits per heavy atom. The van der Waals surface area contributed by atoms with Gasteiger partial charge in [-0.1, -0.05) is 0 Å². The normalized spacial score (nSPS) is 11.4. The molecule has 154 valence electrons. The van der Waals surface area contributed by atoms with E-state index < -0.39 is 0 Å². The average molecular weight is 422 g/mol. The number of pyridine rings is 2. The van der Waals surface area contributed by atoms with E-state index in [9.17, 15) is 4.39 Å². The Labute approximate surface area is 180 Å². The molecule has 0 amide bonds. The SMILES string of the molecule is Cc1cc(F)cc(-c2nccc3[nH]c(-c4n[nH]c5cnc(-c6cnccn6)cc45)nc23)c1. The highest BCUT2D eigenvalue weighted by molar-refractivity contribution is 5.96. The highest BCUT2D eigenvalue weighted by Crippen LogP contribution is 2.31. The van der Waals surface area contributed by atoms with Crippen LogP contribution in [0.1, 0.15) is 5.56 Å². The summed E-state index contributed by atoms with van der Waals surface area (Å²) in [5.41, 5.74) is 6.29. The number of H-pyrrole nitrogens is 2. The smallest absolute Gasteiger partial charge is 0.159 e. The average Bonchev–Trinajstić information content (AvgIpc) is 3.42. The molecular weight excluding hydrogens is 407 g/mol. The predicted molar refractivity (Wildman–Crippen MR) is 118 cm³/mol. The summed E-state index contributed by atoms with van der Waals surface area (Å²) in [6.45, 7) is 1.85. The molecule has 0 fully saturated rings. The molecule has 0 spiro atoms. The van der Waals surface area contributed by atoms with E-state index in [0.717, 1.165) is 22.0 Å². The predicted octanol–water partition coefficient (Wildman–Crippen LogP) is 4.47. The summed E-state index contributed by atoms with van der Waals surface area (Å²) in [6.07, 6.45) is 8.29. The third-order valence-corrected chi connectivity index (χ3v) is 5.21. The molecule has 32 heavy (non-hydrogen) atoms. The quantitative estimate of drug-likeness (QED) is 0.436. The zero-order valence-electron chi connectivity index (χ0n) is 16.8. The Bertz CT molecular complexity index is 1580. The van der Waals surface area contributed by atoms with Gasteiger partial charge in [0.05, 0.1) is 34.8 Å². The lowest BCUT2D eigenvalue weighted by atomic mass is 10.1. The van der Waals surface area contributed by atoms with Gasteiger partial charge < -0.3 is 4.98 Å². The minimum absolute atomic E-state index is 0.308. The third kappa shape index (κ3) is 2.99.